The lowest BCUT2D eigenvalue weighted by molar-refractivity contribution is -0.137. The van der Waals surface area contributed by atoms with Crippen LogP contribution in [0.4, 0.5) is 13.2 Å². The highest BCUT2D eigenvalue weighted by Gasteiger charge is 2.31. The summed E-state index contributed by atoms with van der Waals surface area (Å²) in [5, 5.41) is 0.547. The number of halogens is 4. The van der Waals surface area contributed by atoms with E-state index in [2.05, 4.69) is 0 Å². The first kappa shape index (κ1) is 19.5. The summed E-state index contributed by atoms with van der Waals surface area (Å²) in [5.74, 6) is -0.199. The molecule has 2 aromatic rings. The molecule has 1 aliphatic rings. The zero-order chi connectivity index (χ0) is 19.4. The monoisotopic (exact) mass is 395 g/mol. The maximum Gasteiger partial charge on any atom is 0.416 e. The van der Waals surface area contributed by atoms with Gasteiger partial charge in [0.25, 0.3) is 0 Å². The van der Waals surface area contributed by atoms with Crippen LogP contribution in [0.1, 0.15) is 22.8 Å². The highest BCUT2D eigenvalue weighted by molar-refractivity contribution is 6.32. The van der Waals surface area contributed by atoms with Crippen LogP contribution < -0.4 is 0 Å². The minimum Gasteiger partial charge on any atom is -0.370 e. The predicted octanol–water partition coefficient (Wildman–Crippen LogP) is 4.97. The van der Waals surface area contributed by atoms with Crippen LogP contribution in [0, 0.1) is 0 Å². The molecule has 27 heavy (non-hydrogen) atoms. The standard InChI is InChI=1S/C20H17ClF3NO2/c21-17-4-2-1-3-14(17)7-10-19(26)25-11-12-27-18(13-25)15-5-8-16(9-6-15)20(22,23)24/h1-10,18H,11-13H2/b10-7+/t18-/m0/s1. The lowest BCUT2D eigenvalue weighted by Crippen LogP contribution is -2.41. The molecular formula is C20H17ClF3NO2. The number of hydrogen-bond donors (Lipinski definition) is 0. The molecule has 1 heterocycles. The van der Waals surface area contributed by atoms with E-state index in [9.17, 15) is 18.0 Å². The molecule has 0 spiro atoms. The Morgan fingerprint density at radius 3 is 2.52 bits per heavy atom. The van der Waals surface area contributed by atoms with Gasteiger partial charge in [-0.1, -0.05) is 41.9 Å². The Balaban J connectivity index is 1.67. The third-order valence-corrected chi connectivity index (χ3v) is 4.64. The molecule has 0 unspecified atom stereocenters. The van der Waals surface area contributed by atoms with Crippen LogP contribution in [-0.2, 0) is 15.7 Å². The molecule has 3 rings (SSSR count). The molecule has 0 radical (unpaired) electrons. The molecule has 142 valence electrons. The van der Waals surface area contributed by atoms with E-state index in [1.165, 1.54) is 18.2 Å². The van der Waals surface area contributed by atoms with Crippen molar-refractivity contribution in [3.05, 3.63) is 76.3 Å². The van der Waals surface area contributed by atoms with Crippen molar-refractivity contribution in [2.45, 2.75) is 12.3 Å². The SMILES string of the molecule is O=C(/C=C/c1ccccc1Cl)N1CCO[C@H](c2ccc(C(F)(F)F)cc2)C1. The van der Waals surface area contributed by atoms with Crippen LogP contribution in [0.5, 0.6) is 0 Å². The van der Waals surface area contributed by atoms with Crippen molar-refractivity contribution < 1.29 is 22.7 Å². The van der Waals surface area contributed by atoms with Gasteiger partial charge < -0.3 is 9.64 Å². The van der Waals surface area contributed by atoms with Crippen LogP contribution in [0.25, 0.3) is 6.08 Å². The highest BCUT2D eigenvalue weighted by atomic mass is 35.5. The summed E-state index contributed by atoms with van der Waals surface area (Å²) in [4.78, 5) is 14.0. The van der Waals surface area contributed by atoms with Gasteiger partial charge in [-0.15, -0.1) is 0 Å². The van der Waals surface area contributed by atoms with Gasteiger partial charge in [-0.2, -0.15) is 13.2 Å². The normalized spacial score (nSPS) is 18.1. The average molecular weight is 396 g/mol. The van der Waals surface area contributed by atoms with Crippen molar-refractivity contribution >= 4 is 23.6 Å². The van der Waals surface area contributed by atoms with Gasteiger partial charge in [0.05, 0.1) is 18.7 Å². The van der Waals surface area contributed by atoms with Gasteiger partial charge in [0.15, 0.2) is 0 Å². The molecule has 0 saturated carbocycles. The first-order valence-corrected chi connectivity index (χ1v) is 8.72. The zero-order valence-corrected chi connectivity index (χ0v) is 15.0. The maximum absolute atomic E-state index is 12.7. The number of alkyl halides is 3. The molecule has 1 aliphatic heterocycles. The van der Waals surface area contributed by atoms with Crippen molar-refractivity contribution in [3.8, 4) is 0 Å². The third-order valence-electron chi connectivity index (χ3n) is 4.30. The Labute approximate surface area is 160 Å². The average Bonchev–Trinajstić information content (AvgIpc) is 2.66. The molecule has 1 fully saturated rings. The largest absolute Gasteiger partial charge is 0.416 e. The van der Waals surface area contributed by atoms with Crippen LogP contribution >= 0.6 is 11.6 Å². The minimum absolute atomic E-state index is 0.199. The number of benzene rings is 2. The van der Waals surface area contributed by atoms with E-state index in [4.69, 9.17) is 16.3 Å². The van der Waals surface area contributed by atoms with Gasteiger partial charge >= 0.3 is 6.18 Å². The summed E-state index contributed by atoms with van der Waals surface area (Å²) in [6.07, 6.45) is -1.75. The van der Waals surface area contributed by atoms with Gasteiger partial charge in [-0.3, -0.25) is 4.79 Å². The summed E-state index contributed by atoms with van der Waals surface area (Å²) in [5.41, 5.74) is 0.633. The van der Waals surface area contributed by atoms with E-state index >= 15 is 0 Å². The molecule has 1 saturated heterocycles. The van der Waals surface area contributed by atoms with E-state index in [1.54, 1.807) is 29.2 Å². The van der Waals surface area contributed by atoms with E-state index in [1.807, 2.05) is 6.07 Å². The number of morpholine rings is 1. The Kier molecular flexibility index (Phi) is 5.87. The van der Waals surface area contributed by atoms with Crippen LogP contribution in [0.15, 0.2) is 54.6 Å². The van der Waals surface area contributed by atoms with Crippen LogP contribution in [-0.4, -0.2) is 30.5 Å². The van der Waals surface area contributed by atoms with Gasteiger partial charge in [0.1, 0.15) is 6.10 Å². The number of ether oxygens (including phenoxy) is 1. The van der Waals surface area contributed by atoms with E-state index in [-0.39, 0.29) is 12.5 Å². The third kappa shape index (κ3) is 4.90. The van der Waals surface area contributed by atoms with Crippen molar-refractivity contribution in [1.29, 1.82) is 0 Å². The number of carbonyl (C=O) groups is 1. The second kappa shape index (κ2) is 8.15. The predicted molar refractivity (Wildman–Crippen MR) is 97.2 cm³/mol. The van der Waals surface area contributed by atoms with Crippen molar-refractivity contribution in [2.75, 3.05) is 19.7 Å². The number of amides is 1. The van der Waals surface area contributed by atoms with E-state index in [0.717, 1.165) is 17.7 Å². The summed E-state index contributed by atoms with van der Waals surface area (Å²) in [6, 6.07) is 12.0. The fourth-order valence-electron chi connectivity index (χ4n) is 2.81. The number of carbonyl (C=O) groups excluding carboxylic acids is 1. The fourth-order valence-corrected chi connectivity index (χ4v) is 3.01. The lowest BCUT2D eigenvalue weighted by Gasteiger charge is -2.32. The van der Waals surface area contributed by atoms with Crippen LogP contribution in [0.2, 0.25) is 5.02 Å². The Morgan fingerprint density at radius 1 is 1.15 bits per heavy atom. The van der Waals surface area contributed by atoms with Crippen molar-refractivity contribution in [3.63, 3.8) is 0 Å². The first-order chi connectivity index (χ1) is 12.8. The molecule has 1 atom stereocenters. The molecule has 0 N–H and O–H groups in total. The van der Waals surface area contributed by atoms with Crippen LogP contribution in [0.3, 0.4) is 0 Å². The molecule has 3 nitrogen and oxygen atoms in total. The zero-order valence-electron chi connectivity index (χ0n) is 14.2. The van der Waals surface area contributed by atoms with Gasteiger partial charge in [-0.05, 0) is 35.4 Å². The van der Waals surface area contributed by atoms with E-state index in [0.29, 0.717) is 23.7 Å². The smallest absolute Gasteiger partial charge is 0.370 e. The summed E-state index contributed by atoms with van der Waals surface area (Å²) in [6.45, 7) is 1.01. The first-order valence-electron chi connectivity index (χ1n) is 8.35. The lowest BCUT2D eigenvalue weighted by atomic mass is 10.0. The molecule has 0 aromatic heterocycles. The molecule has 0 aliphatic carbocycles. The van der Waals surface area contributed by atoms with Gasteiger partial charge in [-0.25, -0.2) is 0 Å². The topological polar surface area (TPSA) is 29.5 Å². The molecule has 7 heteroatoms. The number of rotatable bonds is 3. The fraction of sp³-hybridized carbons (Fsp3) is 0.250. The summed E-state index contributed by atoms with van der Waals surface area (Å²) < 4.78 is 43.7. The van der Waals surface area contributed by atoms with Gasteiger partial charge in [0.2, 0.25) is 5.91 Å². The number of hydrogen-bond acceptors (Lipinski definition) is 2. The molecule has 2 aromatic carbocycles. The Hall–Kier alpha value is -2.31. The summed E-state index contributed by atoms with van der Waals surface area (Å²) in [7, 11) is 0. The molecular weight excluding hydrogens is 379 g/mol. The van der Waals surface area contributed by atoms with Crippen molar-refractivity contribution in [1.82, 2.24) is 4.90 Å². The minimum atomic E-state index is -4.38. The summed E-state index contributed by atoms with van der Waals surface area (Å²) >= 11 is 6.07. The Morgan fingerprint density at radius 2 is 1.85 bits per heavy atom. The van der Waals surface area contributed by atoms with E-state index < -0.39 is 17.8 Å². The second-order valence-electron chi connectivity index (χ2n) is 6.12. The maximum atomic E-state index is 12.7. The number of nitrogens with zero attached hydrogens (tertiary/aromatic N) is 1. The molecule has 0 bridgehead atoms. The van der Waals surface area contributed by atoms with Gasteiger partial charge in [0, 0.05) is 17.6 Å². The Bertz CT molecular complexity index is 834. The quantitative estimate of drug-likeness (QED) is 0.686. The van der Waals surface area contributed by atoms with Crippen molar-refractivity contribution in [2.24, 2.45) is 0 Å². The second-order valence-corrected chi connectivity index (χ2v) is 6.53. The highest BCUT2D eigenvalue weighted by Crippen LogP contribution is 2.31. The molecule has 1 amide bonds.